The summed E-state index contributed by atoms with van der Waals surface area (Å²) in [6.07, 6.45) is 1.96. The minimum Gasteiger partial charge on any atom is -0.368 e. The number of anilines is 2. The van der Waals surface area contributed by atoms with Gasteiger partial charge in [0.25, 0.3) is 0 Å². The number of urea groups is 1. The molecule has 0 aliphatic carbocycles. The Morgan fingerprint density at radius 1 is 1.04 bits per heavy atom. The maximum absolute atomic E-state index is 12.7. The predicted octanol–water partition coefficient (Wildman–Crippen LogP) is 4.19. The number of carbonyl (C=O) groups is 1. The van der Waals surface area contributed by atoms with E-state index in [1.54, 1.807) is 0 Å². The lowest BCUT2D eigenvalue weighted by molar-refractivity contribution is 0.208. The highest BCUT2D eigenvalue weighted by Gasteiger charge is 2.22. The van der Waals surface area contributed by atoms with Gasteiger partial charge in [0.05, 0.1) is 5.69 Å². The van der Waals surface area contributed by atoms with Gasteiger partial charge in [-0.3, -0.25) is 0 Å². The lowest BCUT2D eigenvalue weighted by atomic mass is 10.2. The molecule has 1 aromatic heterocycles. The lowest BCUT2D eigenvalue weighted by Crippen LogP contribution is -2.50. The van der Waals surface area contributed by atoms with E-state index in [0.717, 1.165) is 40.4 Å². The highest BCUT2D eigenvalue weighted by molar-refractivity contribution is 6.30. The third-order valence-corrected chi connectivity index (χ3v) is 5.11. The quantitative estimate of drug-likeness (QED) is 0.737. The molecule has 0 bridgehead atoms. The molecule has 0 spiro atoms. The topological polar surface area (TPSA) is 40.5 Å². The Morgan fingerprint density at radius 2 is 1.81 bits per heavy atom. The van der Waals surface area contributed by atoms with Crippen LogP contribution in [0.2, 0.25) is 5.02 Å². The lowest BCUT2D eigenvalue weighted by Gasteiger charge is -2.36. The Bertz CT molecular complexity index is 944. The molecule has 1 aliphatic rings. The summed E-state index contributed by atoms with van der Waals surface area (Å²) in [6.45, 7) is 2.96. The first-order valence-corrected chi connectivity index (χ1v) is 9.10. The molecular weight excluding hydrogens is 348 g/mol. The van der Waals surface area contributed by atoms with E-state index in [4.69, 9.17) is 11.6 Å². The van der Waals surface area contributed by atoms with Gasteiger partial charge in [-0.2, -0.15) is 0 Å². The van der Waals surface area contributed by atoms with Gasteiger partial charge in [0.15, 0.2) is 0 Å². The van der Waals surface area contributed by atoms with Crippen LogP contribution in [0.5, 0.6) is 0 Å². The molecule has 5 nitrogen and oxygen atoms in total. The Kier molecular flexibility index (Phi) is 4.47. The molecule has 2 aromatic carbocycles. The zero-order valence-corrected chi connectivity index (χ0v) is 15.4. The van der Waals surface area contributed by atoms with Crippen molar-refractivity contribution >= 4 is 39.9 Å². The number of hydrogen-bond donors (Lipinski definition) is 1. The van der Waals surface area contributed by atoms with Gasteiger partial charge in [-0.15, -0.1) is 0 Å². The number of hydrogen-bond acceptors (Lipinski definition) is 2. The Balaban J connectivity index is 1.42. The van der Waals surface area contributed by atoms with Crippen molar-refractivity contribution < 1.29 is 4.79 Å². The summed E-state index contributed by atoms with van der Waals surface area (Å²) in [7, 11) is 1.99. The molecule has 0 atom stereocenters. The number of aromatic nitrogens is 1. The number of rotatable bonds is 2. The van der Waals surface area contributed by atoms with Gasteiger partial charge in [0.1, 0.15) is 0 Å². The SMILES string of the molecule is Cn1cc(NC(=O)N2CCN(c3cccc(Cl)c3)CC2)c2ccccc21. The second-order valence-electron chi connectivity index (χ2n) is 6.55. The van der Waals surface area contributed by atoms with Crippen molar-refractivity contribution in [3.05, 3.63) is 59.8 Å². The largest absolute Gasteiger partial charge is 0.368 e. The summed E-state index contributed by atoms with van der Waals surface area (Å²) in [5.74, 6) is 0. The van der Waals surface area contributed by atoms with Gasteiger partial charge in [-0.1, -0.05) is 35.9 Å². The minimum absolute atomic E-state index is 0.0490. The third kappa shape index (κ3) is 3.22. The summed E-state index contributed by atoms with van der Waals surface area (Å²) in [6, 6.07) is 15.9. The van der Waals surface area contributed by atoms with Crippen molar-refractivity contribution in [2.45, 2.75) is 0 Å². The van der Waals surface area contributed by atoms with Gasteiger partial charge in [-0.25, -0.2) is 4.79 Å². The highest BCUT2D eigenvalue weighted by atomic mass is 35.5. The van der Waals surface area contributed by atoms with Crippen LogP contribution in [0.4, 0.5) is 16.2 Å². The number of halogens is 1. The van der Waals surface area contributed by atoms with Crippen molar-refractivity contribution in [3.63, 3.8) is 0 Å². The molecule has 1 N–H and O–H groups in total. The van der Waals surface area contributed by atoms with Crippen molar-refractivity contribution in [2.24, 2.45) is 7.05 Å². The molecule has 26 heavy (non-hydrogen) atoms. The maximum atomic E-state index is 12.7. The molecule has 0 unspecified atom stereocenters. The second kappa shape index (κ2) is 6.92. The van der Waals surface area contributed by atoms with Crippen LogP contribution in [0.3, 0.4) is 0 Å². The Morgan fingerprint density at radius 3 is 2.58 bits per heavy atom. The fourth-order valence-electron chi connectivity index (χ4n) is 3.48. The fourth-order valence-corrected chi connectivity index (χ4v) is 3.66. The van der Waals surface area contributed by atoms with Gasteiger partial charge in [0.2, 0.25) is 0 Å². The summed E-state index contributed by atoms with van der Waals surface area (Å²) in [5, 5.41) is 4.86. The summed E-state index contributed by atoms with van der Waals surface area (Å²) < 4.78 is 2.03. The molecule has 6 heteroatoms. The zero-order chi connectivity index (χ0) is 18.1. The Hall–Kier alpha value is -2.66. The molecule has 0 saturated carbocycles. The van der Waals surface area contributed by atoms with Crippen LogP contribution < -0.4 is 10.2 Å². The van der Waals surface area contributed by atoms with E-state index >= 15 is 0 Å². The third-order valence-electron chi connectivity index (χ3n) is 4.88. The van der Waals surface area contributed by atoms with Crippen molar-refractivity contribution in [3.8, 4) is 0 Å². The van der Waals surface area contributed by atoms with E-state index in [-0.39, 0.29) is 6.03 Å². The molecule has 134 valence electrons. The van der Waals surface area contributed by atoms with Gasteiger partial charge < -0.3 is 19.7 Å². The number of fused-ring (bicyclic) bond motifs is 1. The van der Waals surface area contributed by atoms with Crippen LogP contribution >= 0.6 is 11.6 Å². The summed E-state index contributed by atoms with van der Waals surface area (Å²) in [4.78, 5) is 16.8. The predicted molar refractivity (Wildman–Crippen MR) is 107 cm³/mol. The molecule has 2 heterocycles. The van der Waals surface area contributed by atoms with Crippen LogP contribution in [-0.4, -0.2) is 41.7 Å². The minimum atomic E-state index is -0.0490. The smallest absolute Gasteiger partial charge is 0.322 e. The van der Waals surface area contributed by atoms with Crippen LogP contribution in [0.15, 0.2) is 54.7 Å². The number of nitrogens with one attached hydrogen (secondary N) is 1. The monoisotopic (exact) mass is 368 g/mol. The molecule has 1 fully saturated rings. The highest BCUT2D eigenvalue weighted by Crippen LogP contribution is 2.26. The van der Waals surface area contributed by atoms with Crippen LogP contribution in [0.25, 0.3) is 10.9 Å². The van der Waals surface area contributed by atoms with Crippen molar-refractivity contribution in [1.29, 1.82) is 0 Å². The molecule has 4 rings (SSSR count). The van der Waals surface area contributed by atoms with Gasteiger partial charge in [-0.05, 0) is 24.3 Å². The first-order chi connectivity index (χ1) is 12.6. The molecule has 3 aromatic rings. The summed E-state index contributed by atoms with van der Waals surface area (Å²) >= 11 is 6.08. The Labute approximate surface area is 157 Å². The van der Waals surface area contributed by atoms with Crippen LogP contribution in [-0.2, 0) is 7.05 Å². The fraction of sp³-hybridized carbons (Fsp3) is 0.250. The summed E-state index contributed by atoms with van der Waals surface area (Å²) in [5.41, 5.74) is 3.06. The van der Waals surface area contributed by atoms with Crippen LogP contribution in [0.1, 0.15) is 0 Å². The van der Waals surface area contributed by atoms with E-state index in [2.05, 4.69) is 22.3 Å². The van der Waals surface area contributed by atoms with E-state index in [1.165, 1.54) is 0 Å². The maximum Gasteiger partial charge on any atom is 0.322 e. The number of amides is 2. The number of carbonyl (C=O) groups excluding carboxylic acids is 1. The zero-order valence-electron chi connectivity index (χ0n) is 14.7. The normalized spacial score (nSPS) is 14.7. The van der Waals surface area contributed by atoms with Crippen molar-refractivity contribution in [1.82, 2.24) is 9.47 Å². The average Bonchev–Trinajstić information content (AvgIpc) is 2.98. The number of aryl methyl sites for hydroxylation is 1. The van der Waals surface area contributed by atoms with Gasteiger partial charge in [0, 0.05) is 61.0 Å². The molecule has 2 amide bonds. The molecule has 1 saturated heterocycles. The average molecular weight is 369 g/mol. The van der Waals surface area contributed by atoms with E-state index in [1.807, 2.05) is 59.1 Å². The van der Waals surface area contributed by atoms with E-state index in [0.29, 0.717) is 13.1 Å². The van der Waals surface area contributed by atoms with Gasteiger partial charge >= 0.3 is 6.03 Å². The number of para-hydroxylation sites is 1. The first kappa shape index (κ1) is 16.8. The first-order valence-electron chi connectivity index (χ1n) is 8.72. The molecule has 0 radical (unpaired) electrons. The van der Waals surface area contributed by atoms with E-state index in [9.17, 15) is 4.79 Å². The van der Waals surface area contributed by atoms with E-state index < -0.39 is 0 Å². The standard InChI is InChI=1S/C20H21ClN4O/c1-23-14-18(17-7-2-3-8-19(17)23)22-20(26)25-11-9-24(10-12-25)16-6-4-5-15(21)13-16/h2-8,13-14H,9-12H2,1H3,(H,22,26). The second-order valence-corrected chi connectivity index (χ2v) is 6.99. The molecular formula is C20H21ClN4O. The van der Waals surface area contributed by atoms with Crippen molar-refractivity contribution in [2.75, 3.05) is 36.4 Å². The number of nitrogens with zero attached hydrogens (tertiary/aromatic N) is 3. The number of benzene rings is 2. The van der Waals surface area contributed by atoms with Crippen LogP contribution in [0, 0.1) is 0 Å². The molecule has 1 aliphatic heterocycles. The number of piperazine rings is 1.